The first-order chi connectivity index (χ1) is 14.0. The van der Waals surface area contributed by atoms with Crippen molar-refractivity contribution in [3.05, 3.63) is 29.8 Å². The molecule has 0 saturated carbocycles. The second kappa shape index (κ2) is 10.1. The maximum atomic E-state index is 12.1. The summed E-state index contributed by atoms with van der Waals surface area (Å²) in [7, 11) is 1.28. The van der Waals surface area contributed by atoms with Crippen LogP contribution >= 0.6 is 0 Å². The standard InChI is InChI=1S/C22H33NO7/c1-21(2,3)30-20(25)23-18(19(24)26-6)11-15-7-9-17(10-8-15)27-12-16-13-28-22(4,5)29-14-16/h7-10,16,18H,11-14H2,1-6H3,(H,23,25)/t18-/m0/s1. The summed E-state index contributed by atoms with van der Waals surface area (Å²) >= 11 is 0. The van der Waals surface area contributed by atoms with Crippen LogP contribution in [-0.4, -0.2) is 56.4 Å². The van der Waals surface area contributed by atoms with Crippen LogP contribution in [0.15, 0.2) is 24.3 Å². The Morgan fingerprint density at radius 2 is 1.77 bits per heavy atom. The van der Waals surface area contributed by atoms with Gasteiger partial charge in [0.2, 0.25) is 0 Å². The fourth-order valence-electron chi connectivity index (χ4n) is 2.78. The van der Waals surface area contributed by atoms with Gasteiger partial charge in [0.05, 0.1) is 26.9 Å². The number of esters is 1. The Morgan fingerprint density at radius 1 is 1.17 bits per heavy atom. The Labute approximate surface area is 178 Å². The van der Waals surface area contributed by atoms with Crippen LogP contribution in [0.25, 0.3) is 0 Å². The molecule has 8 nitrogen and oxygen atoms in total. The van der Waals surface area contributed by atoms with Crippen LogP contribution in [-0.2, 0) is 30.2 Å². The molecule has 1 heterocycles. The van der Waals surface area contributed by atoms with Gasteiger partial charge in [-0.25, -0.2) is 9.59 Å². The first-order valence-electron chi connectivity index (χ1n) is 10.0. The smallest absolute Gasteiger partial charge is 0.408 e. The molecule has 0 aromatic heterocycles. The summed E-state index contributed by atoms with van der Waals surface area (Å²) in [5.41, 5.74) is 0.188. The molecule has 30 heavy (non-hydrogen) atoms. The average molecular weight is 424 g/mol. The SMILES string of the molecule is COC(=O)[C@H](Cc1ccc(OCC2COC(C)(C)OC2)cc1)NC(=O)OC(C)(C)C. The van der Waals surface area contributed by atoms with Crippen molar-refractivity contribution >= 4 is 12.1 Å². The molecule has 2 rings (SSSR count). The number of carbonyl (C=O) groups is 2. The van der Waals surface area contributed by atoms with Gasteiger partial charge in [-0.1, -0.05) is 12.1 Å². The normalized spacial score (nSPS) is 17.7. The number of ether oxygens (including phenoxy) is 5. The summed E-state index contributed by atoms with van der Waals surface area (Å²) in [5.74, 6) is -0.207. The second-order valence-corrected chi connectivity index (χ2v) is 8.77. The largest absolute Gasteiger partial charge is 0.493 e. The lowest BCUT2D eigenvalue weighted by Crippen LogP contribution is -2.45. The number of rotatable bonds is 7. The maximum Gasteiger partial charge on any atom is 0.408 e. The Hall–Kier alpha value is -2.32. The van der Waals surface area contributed by atoms with Gasteiger partial charge >= 0.3 is 12.1 Å². The van der Waals surface area contributed by atoms with Gasteiger partial charge in [0.1, 0.15) is 17.4 Å². The second-order valence-electron chi connectivity index (χ2n) is 8.77. The van der Waals surface area contributed by atoms with Crippen LogP contribution in [0.1, 0.15) is 40.2 Å². The average Bonchev–Trinajstić information content (AvgIpc) is 2.65. The quantitative estimate of drug-likeness (QED) is 0.674. The van der Waals surface area contributed by atoms with E-state index in [-0.39, 0.29) is 12.3 Å². The van der Waals surface area contributed by atoms with Crippen molar-refractivity contribution in [3.8, 4) is 5.75 Å². The molecular weight excluding hydrogens is 390 g/mol. The molecule has 1 aromatic carbocycles. The fourth-order valence-corrected chi connectivity index (χ4v) is 2.78. The van der Waals surface area contributed by atoms with E-state index in [0.29, 0.717) is 25.6 Å². The molecule has 168 valence electrons. The van der Waals surface area contributed by atoms with Crippen molar-refractivity contribution in [1.82, 2.24) is 5.32 Å². The predicted molar refractivity (Wildman–Crippen MR) is 110 cm³/mol. The first-order valence-corrected chi connectivity index (χ1v) is 10.0. The molecule has 1 aliphatic heterocycles. The number of hydrogen-bond acceptors (Lipinski definition) is 7. The Bertz CT molecular complexity index is 699. The fraction of sp³-hybridized carbons (Fsp3) is 0.636. The third-order valence-corrected chi connectivity index (χ3v) is 4.36. The number of methoxy groups -OCH3 is 1. The summed E-state index contributed by atoms with van der Waals surface area (Å²) in [5, 5.41) is 2.57. The van der Waals surface area contributed by atoms with Gasteiger partial charge < -0.3 is 29.0 Å². The zero-order valence-corrected chi connectivity index (χ0v) is 18.7. The van der Waals surface area contributed by atoms with Crippen LogP contribution in [0.2, 0.25) is 0 Å². The van der Waals surface area contributed by atoms with Crippen LogP contribution in [0.4, 0.5) is 4.79 Å². The first kappa shape index (κ1) is 24.0. The molecule has 1 fully saturated rings. The molecule has 0 unspecified atom stereocenters. The van der Waals surface area contributed by atoms with Crippen LogP contribution in [0, 0.1) is 5.92 Å². The van der Waals surface area contributed by atoms with Gasteiger partial charge in [-0.3, -0.25) is 0 Å². The maximum absolute atomic E-state index is 12.1. The van der Waals surface area contributed by atoms with Crippen molar-refractivity contribution in [2.24, 2.45) is 5.92 Å². The van der Waals surface area contributed by atoms with Gasteiger partial charge in [-0.2, -0.15) is 0 Å². The molecule has 1 atom stereocenters. The van der Waals surface area contributed by atoms with Gasteiger partial charge in [0.25, 0.3) is 0 Å². The molecule has 1 aliphatic rings. The van der Waals surface area contributed by atoms with E-state index in [1.165, 1.54) is 7.11 Å². The molecule has 0 spiro atoms. The number of hydrogen-bond donors (Lipinski definition) is 1. The van der Waals surface area contributed by atoms with Crippen molar-refractivity contribution < 1.29 is 33.3 Å². The summed E-state index contributed by atoms with van der Waals surface area (Å²) in [6.07, 6.45) is -0.399. The highest BCUT2D eigenvalue weighted by molar-refractivity contribution is 5.81. The van der Waals surface area contributed by atoms with Gasteiger partial charge in [-0.05, 0) is 52.3 Å². The van der Waals surface area contributed by atoms with Crippen molar-refractivity contribution in [3.63, 3.8) is 0 Å². The Morgan fingerprint density at radius 3 is 2.30 bits per heavy atom. The molecule has 1 amide bonds. The molecule has 8 heteroatoms. The molecular formula is C22H33NO7. The van der Waals surface area contributed by atoms with Crippen LogP contribution in [0.5, 0.6) is 5.75 Å². The van der Waals surface area contributed by atoms with E-state index in [4.69, 9.17) is 23.7 Å². The number of benzene rings is 1. The Kier molecular flexibility index (Phi) is 8.09. The molecule has 0 bridgehead atoms. The monoisotopic (exact) mass is 423 g/mol. The lowest BCUT2D eigenvalue weighted by atomic mass is 10.1. The zero-order valence-electron chi connectivity index (χ0n) is 18.7. The lowest BCUT2D eigenvalue weighted by Gasteiger charge is -2.34. The minimum atomic E-state index is -0.850. The highest BCUT2D eigenvalue weighted by Gasteiger charge is 2.29. The minimum absolute atomic E-state index is 0.166. The summed E-state index contributed by atoms with van der Waals surface area (Å²) in [6, 6.07) is 6.49. The van der Waals surface area contributed by atoms with E-state index >= 15 is 0 Å². The number of alkyl carbamates (subject to hydrolysis) is 1. The van der Waals surface area contributed by atoms with E-state index in [2.05, 4.69) is 5.32 Å². The molecule has 1 N–H and O–H groups in total. The van der Waals surface area contributed by atoms with E-state index < -0.39 is 29.5 Å². The zero-order chi connectivity index (χ0) is 22.4. The number of amides is 1. The summed E-state index contributed by atoms with van der Waals surface area (Å²) in [6.45, 7) is 10.7. The highest BCUT2D eigenvalue weighted by Crippen LogP contribution is 2.22. The lowest BCUT2D eigenvalue weighted by molar-refractivity contribution is -0.264. The van der Waals surface area contributed by atoms with Crippen molar-refractivity contribution in [2.75, 3.05) is 26.9 Å². The minimum Gasteiger partial charge on any atom is -0.493 e. The Balaban J connectivity index is 1.88. The third-order valence-electron chi connectivity index (χ3n) is 4.36. The van der Waals surface area contributed by atoms with E-state index in [1.807, 2.05) is 38.1 Å². The van der Waals surface area contributed by atoms with Gasteiger partial charge in [0, 0.05) is 12.3 Å². The summed E-state index contributed by atoms with van der Waals surface area (Å²) in [4.78, 5) is 24.1. The molecule has 1 saturated heterocycles. The van der Waals surface area contributed by atoms with Crippen molar-refractivity contribution in [2.45, 2.75) is 58.5 Å². The third kappa shape index (κ3) is 8.20. The molecule has 0 aliphatic carbocycles. The van der Waals surface area contributed by atoms with Gasteiger partial charge in [-0.15, -0.1) is 0 Å². The van der Waals surface area contributed by atoms with E-state index in [9.17, 15) is 9.59 Å². The van der Waals surface area contributed by atoms with Crippen LogP contribution in [0.3, 0.4) is 0 Å². The summed E-state index contributed by atoms with van der Waals surface area (Å²) < 4.78 is 27.1. The predicted octanol–water partition coefficient (Wildman–Crippen LogP) is 3.07. The van der Waals surface area contributed by atoms with E-state index in [1.54, 1.807) is 20.8 Å². The van der Waals surface area contributed by atoms with Crippen molar-refractivity contribution in [1.29, 1.82) is 0 Å². The highest BCUT2D eigenvalue weighted by atomic mass is 16.7. The van der Waals surface area contributed by atoms with Gasteiger partial charge in [0.15, 0.2) is 5.79 Å². The number of carbonyl (C=O) groups excluding carboxylic acids is 2. The number of nitrogens with one attached hydrogen (secondary N) is 1. The van der Waals surface area contributed by atoms with E-state index in [0.717, 1.165) is 5.56 Å². The topological polar surface area (TPSA) is 92.3 Å². The molecule has 0 radical (unpaired) electrons. The molecule has 1 aromatic rings. The van der Waals surface area contributed by atoms with Crippen LogP contribution < -0.4 is 10.1 Å².